The number of aryl methyl sites for hydroxylation is 1. The van der Waals surface area contributed by atoms with Crippen molar-refractivity contribution >= 4 is 7.60 Å². The molecule has 1 unspecified atom stereocenters. The van der Waals surface area contributed by atoms with Gasteiger partial charge in [-0.05, 0) is 38.0 Å². The van der Waals surface area contributed by atoms with Crippen LogP contribution in [0.15, 0.2) is 18.2 Å². The van der Waals surface area contributed by atoms with Crippen molar-refractivity contribution in [1.29, 1.82) is 0 Å². The summed E-state index contributed by atoms with van der Waals surface area (Å²) < 4.78 is 35.7. The molecule has 0 fully saturated rings. The lowest BCUT2D eigenvalue weighted by Gasteiger charge is -2.22. The van der Waals surface area contributed by atoms with E-state index in [1.807, 2.05) is 0 Å². The molecule has 102 valence electrons. The van der Waals surface area contributed by atoms with Crippen LogP contribution in [-0.4, -0.2) is 18.3 Å². The van der Waals surface area contributed by atoms with Crippen molar-refractivity contribution in [3.05, 3.63) is 35.1 Å². The maximum atomic E-state index is 13.4. The minimum atomic E-state index is -3.68. The molecular weight excluding hydrogens is 258 g/mol. The Bertz CT molecular complexity index is 440. The smallest absolute Gasteiger partial charge is 0.363 e. The summed E-state index contributed by atoms with van der Waals surface area (Å²) in [6.07, 6.45) is 0. The maximum absolute atomic E-state index is 13.4. The molecule has 1 atom stereocenters. The molecule has 4 nitrogen and oxygen atoms in total. The molecule has 0 amide bonds. The third-order valence-corrected chi connectivity index (χ3v) is 4.55. The number of halogens is 1. The van der Waals surface area contributed by atoms with Crippen LogP contribution in [0.3, 0.4) is 0 Å². The van der Waals surface area contributed by atoms with Gasteiger partial charge in [0.2, 0.25) is 0 Å². The second-order valence-corrected chi connectivity index (χ2v) is 5.84. The predicted molar refractivity (Wildman–Crippen MR) is 67.0 cm³/mol. The van der Waals surface area contributed by atoms with Gasteiger partial charge in [0.25, 0.3) is 0 Å². The third kappa shape index (κ3) is 3.39. The Balaban J connectivity index is 3.05. The molecular formula is C12H18FO4P. The first-order chi connectivity index (χ1) is 8.44. The largest absolute Gasteiger partial charge is 0.376 e. The second-order valence-electron chi connectivity index (χ2n) is 3.76. The SMILES string of the molecule is CCOP(=O)(OCC)C(O)c1ccc(C)c(F)c1. The molecule has 0 aliphatic heterocycles. The summed E-state index contributed by atoms with van der Waals surface area (Å²) in [5.41, 5.74) is 0.636. The van der Waals surface area contributed by atoms with Crippen molar-refractivity contribution in [2.75, 3.05) is 13.2 Å². The highest BCUT2D eigenvalue weighted by atomic mass is 31.2. The Morgan fingerprint density at radius 3 is 2.33 bits per heavy atom. The van der Waals surface area contributed by atoms with Crippen molar-refractivity contribution < 1.29 is 23.1 Å². The first kappa shape index (κ1) is 15.3. The van der Waals surface area contributed by atoms with E-state index >= 15 is 0 Å². The highest BCUT2D eigenvalue weighted by molar-refractivity contribution is 7.54. The highest BCUT2D eigenvalue weighted by Crippen LogP contribution is 2.59. The lowest BCUT2D eigenvalue weighted by Crippen LogP contribution is -2.06. The molecule has 1 N–H and O–H groups in total. The minimum Gasteiger partial charge on any atom is -0.376 e. The molecule has 1 aromatic rings. The van der Waals surface area contributed by atoms with E-state index in [1.54, 1.807) is 20.8 Å². The predicted octanol–water partition coefficient (Wildman–Crippen LogP) is 3.39. The van der Waals surface area contributed by atoms with Crippen LogP contribution in [0.2, 0.25) is 0 Å². The molecule has 0 saturated carbocycles. The van der Waals surface area contributed by atoms with Crippen molar-refractivity contribution in [2.24, 2.45) is 0 Å². The van der Waals surface area contributed by atoms with E-state index in [1.165, 1.54) is 12.1 Å². The zero-order valence-corrected chi connectivity index (χ0v) is 11.6. The van der Waals surface area contributed by atoms with Gasteiger partial charge in [-0.15, -0.1) is 0 Å². The zero-order valence-electron chi connectivity index (χ0n) is 10.7. The van der Waals surface area contributed by atoms with Crippen LogP contribution in [0.25, 0.3) is 0 Å². The van der Waals surface area contributed by atoms with Crippen LogP contribution in [0.1, 0.15) is 30.8 Å². The van der Waals surface area contributed by atoms with Crippen LogP contribution in [0.4, 0.5) is 4.39 Å². The van der Waals surface area contributed by atoms with Gasteiger partial charge in [0.05, 0.1) is 13.2 Å². The van der Waals surface area contributed by atoms with Crippen LogP contribution in [0, 0.1) is 12.7 Å². The minimum absolute atomic E-state index is 0.142. The Hall–Kier alpha value is -0.740. The Kier molecular flexibility index (Phi) is 5.47. The molecule has 0 bridgehead atoms. The van der Waals surface area contributed by atoms with Gasteiger partial charge in [0, 0.05) is 0 Å². The van der Waals surface area contributed by atoms with Crippen LogP contribution < -0.4 is 0 Å². The Labute approximate surface area is 106 Å². The Morgan fingerprint density at radius 2 is 1.89 bits per heavy atom. The third-order valence-electron chi connectivity index (χ3n) is 2.41. The van der Waals surface area contributed by atoms with Crippen molar-refractivity contribution in [2.45, 2.75) is 26.6 Å². The summed E-state index contributed by atoms with van der Waals surface area (Å²) >= 11 is 0. The van der Waals surface area contributed by atoms with Gasteiger partial charge in [-0.25, -0.2) is 4.39 Å². The number of hydrogen-bond acceptors (Lipinski definition) is 4. The maximum Gasteiger partial charge on any atom is 0.363 e. The molecule has 0 radical (unpaired) electrons. The van der Waals surface area contributed by atoms with E-state index in [4.69, 9.17) is 9.05 Å². The first-order valence-electron chi connectivity index (χ1n) is 5.77. The fourth-order valence-corrected chi connectivity index (χ4v) is 3.09. The van der Waals surface area contributed by atoms with Crippen LogP contribution in [-0.2, 0) is 13.6 Å². The average Bonchev–Trinajstić information content (AvgIpc) is 2.32. The monoisotopic (exact) mass is 276 g/mol. The first-order valence-corrected chi connectivity index (χ1v) is 7.38. The fourth-order valence-electron chi connectivity index (χ4n) is 1.49. The van der Waals surface area contributed by atoms with E-state index in [-0.39, 0.29) is 18.8 Å². The van der Waals surface area contributed by atoms with Crippen molar-refractivity contribution in [3.63, 3.8) is 0 Å². The number of benzene rings is 1. The van der Waals surface area contributed by atoms with Gasteiger partial charge in [-0.3, -0.25) is 4.57 Å². The van der Waals surface area contributed by atoms with Gasteiger partial charge in [-0.2, -0.15) is 0 Å². The normalized spacial score (nSPS) is 13.6. The molecule has 0 saturated heterocycles. The average molecular weight is 276 g/mol. The lowest BCUT2D eigenvalue weighted by molar-refractivity contribution is 0.150. The number of aliphatic hydroxyl groups is 1. The van der Waals surface area contributed by atoms with Gasteiger partial charge in [-0.1, -0.05) is 12.1 Å². The fraction of sp³-hybridized carbons (Fsp3) is 0.500. The molecule has 6 heteroatoms. The molecule has 0 aliphatic carbocycles. The van der Waals surface area contributed by atoms with Gasteiger partial charge < -0.3 is 14.2 Å². The molecule has 0 spiro atoms. The summed E-state index contributed by atoms with van der Waals surface area (Å²) in [6, 6.07) is 4.16. The molecule has 0 aliphatic rings. The van der Waals surface area contributed by atoms with Gasteiger partial charge in [0.15, 0.2) is 5.85 Å². The van der Waals surface area contributed by atoms with Gasteiger partial charge in [0.1, 0.15) is 5.82 Å². The van der Waals surface area contributed by atoms with Crippen molar-refractivity contribution in [3.8, 4) is 0 Å². The summed E-state index contributed by atoms with van der Waals surface area (Å²) in [6.45, 7) is 5.18. The van der Waals surface area contributed by atoms with Crippen LogP contribution >= 0.6 is 7.60 Å². The zero-order chi connectivity index (χ0) is 13.8. The highest BCUT2D eigenvalue weighted by Gasteiger charge is 2.35. The number of aliphatic hydroxyl groups excluding tert-OH is 1. The molecule has 0 heterocycles. The lowest BCUT2D eigenvalue weighted by atomic mass is 10.1. The van der Waals surface area contributed by atoms with E-state index in [2.05, 4.69) is 0 Å². The summed E-state index contributed by atoms with van der Waals surface area (Å²) in [7, 11) is -3.68. The van der Waals surface area contributed by atoms with E-state index < -0.39 is 19.3 Å². The molecule has 1 rings (SSSR count). The quantitative estimate of drug-likeness (QED) is 0.809. The number of rotatable bonds is 6. The summed E-state index contributed by atoms with van der Waals surface area (Å²) in [5, 5.41) is 10.0. The standard InChI is InChI=1S/C12H18FO4P/c1-4-16-18(15,17-5-2)12(14)10-7-6-9(3)11(13)8-10/h6-8,12,14H,4-5H2,1-3H3. The van der Waals surface area contributed by atoms with E-state index in [9.17, 15) is 14.1 Å². The van der Waals surface area contributed by atoms with Crippen LogP contribution in [0.5, 0.6) is 0 Å². The molecule has 0 aromatic heterocycles. The Morgan fingerprint density at radius 1 is 1.33 bits per heavy atom. The summed E-state index contributed by atoms with van der Waals surface area (Å²) in [5.74, 6) is -1.95. The van der Waals surface area contributed by atoms with Gasteiger partial charge >= 0.3 is 7.60 Å². The molecule has 18 heavy (non-hydrogen) atoms. The van der Waals surface area contributed by atoms with E-state index in [0.29, 0.717) is 5.56 Å². The van der Waals surface area contributed by atoms with E-state index in [0.717, 1.165) is 6.07 Å². The second kappa shape index (κ2) is 6.43. The van der Waals surface area contributed by atoms with Crippen molar-refractivity contribution in [1.82, 2.24) is 0 Å². The topological polar surface area (TPSA) is 55.8 Å². The number of hydrogen-bond donors (Lipinski definition) is 1. The molecule has 1 aromatic carbocycles. The summed E-state index contributed by atoms with van der Waals surface area (Å²) in [4.78, 5) is 0.